The minimum Gasteiger partial charge on any atom is -0.467 e. The highest BCUT2D eigenvalue weighted by Gasteiger charge is 2.14. The number of hydrogen-bond acceptors (Lipinski definition) is 6. The monoisotopic (exact) mass is 244 g/mol. The zero-order valence-corrected chi connectivity index (χ0v) is 9.83. The summed E-state index contributed by atoms with van der Waals surface area (Å²) in [7, 11) is 1.95. The molecule has 0 atom stereocenters. The largest absolute Gasteiger partial charge is 0.467 e. The maximum Gasteiger partial charge on any atom is 0.160 e. The number of fused-ring (bicyclic) bond motifs is 1. The van der Waals surface area contributed by atoms with Crippen LogP contribution in [0.1, 0.15) is 5.76 Å². The van der Waals surface area contributed by atoms with E-state index in [0.29, 0.717) is 23.3 Å². The SMILES string of the molecule is CN(Cc1ccco1)c1ccc(N)c2nonc12. The van der Waals surface area contributed by atoms with Crippen molar-refractivity contribution in [3.8, 4) is 0 Å². The Balaban J connectivity index is 1.98. The Morgan fingerprint density at radius 1 is 1.22 bits per heavy atom. The number of hydrogen-bond donors (Lipinski definition) is 1. The second-order valence-electron chi connectivity index (χ2n) is 4.07. The summed E-state index contributed by atoms with van der Waals surface area (Å²) >= 11 is 0. The Morgan fingerprint density at radius 2 is 2.06 bits per heavy atom. The van der Waals surface area contributed by atoms with Gasteiger partial charge in [-0.3, -0.25) is 0 Å². The lowest BCUT2D eigenvalue weighted by Gasteiger charge is -2.17. The Morgan fingerprint density at radius 3 is 2.83 bits per heavy atom. The van der Waals surface area contributed by atoms with Crippen LogP contribution in [0.25, 0.3) is 11.0 Å². The second-order valence-corrected chi connectivity index (χ2v) is 4.07. The first-order valence-electron chi connectivity index (χ1n) is 5.50. The molecular formula is C12H12N4O2. The van der Waals surface area contributed by atoms with Gasteiger partial charge in [-0.1, -0.05) is 0 Å². The van der Waals surface area contributed by atoms with Gasteiger partial charge in [0.15, 0.2) is 11.0 Å². The van der Waals surface area contributed by atoms with E-state index in [-0.39, 0.29) is 0 Å². The van der Waals surface area contributed by atoms with Crippen LogP contribution in [0.15, 0.2) is 39.6 Å². The van der Waals surface area contributed by atoms with Crippen LogP contribution >= 0.6 is 0 Å². The van der Waals surface area contributed by atoms with Crippen molar-refractivity contribution < 1.29 is 9.05 Å². The van der Waals surface area contributed by atoms with Crippen LogP contribution in [0.3, 0.4) is 0 Å². The molecule has 1 aromatic carbocycles. The molecule has 0 saturated carbocycles. The average Bonchev–Trinajstić information content (AvgIpc) is 2.99. The minimum absolute atomic E-state index is 0.557. The first-order valence-corrected chi connectivity index (χ1v) is 5.50. The van der Waals surface area contributed by atoms with Gasteiger partial charge in [-0.05, 0) is 34.6 Å². The molecule has 0 aliphatic rings. The molecule has 2 N–H and O–H groups in total. The fourth-order valence-electron chi connectivity index (χ4n) is 1.90. The molecule has 6 nitrogen and oxygen atoms in total. The fraction of sp³-hybridized carbons (Fsp3) is 0.167. The van der Waals surface area contributed by atoms with E-state index in [1.54, 1.807) is 12.3 Å². The van der Waals surface area contributed by atoms with Gasteiger partial charge in [0.25, 0.3) is 0 Å². The van der Waals surface area contributed by atoms with Crippen molar-refractivity contribution >= 4 is 22.4 Å². The van der Waals surface area contributed by atoms with E-state index in [9.17, 15) is 0 Å². The van der Waals surface area contributed by atoms with Crippen LogP contribution in [0.2, 0.25) is 0 Å². The van der Waals surface area contributed by atoms with Gasteiger partial charge in [0.05, 0.1) is 24.2 Å². The standard InChI is InChI=1S/C12H12N4O2/c1-16(7-8-3-2-6-17-8)10-5-4-9(13)11-12(10)15-18-14-11/h2-6H,7,13H2,1H3. The highest BCUT2D eigenvalue weighted by atomic mass is 16.6. The first kappa shape index (κ1) is 10.6. The summed E-state index contributed by atoms with van der Waals surface area (Å²) in [5.41, 5.74) is 8.50. The molecule has 0 amide bonds. The number of aromatic nitrogens is 2. The summed E-state index contributed by atoms with van der Waals surface area (Å²) in [5.74, 6) is 0.874. The molecule has 0 unspecified atom stereocenters. The van der Waals surface area contributed by atoms with Crippen molar-refractivity contribution in [3.05, 3.63) is 36.3 Å². The summed E-state index contributed by atoms with van der Waals surface area (Å²) in [6.45, 7) is 0.638. The van der Waals surface area contributed by atoms with Gasteiger partial charge in [-0.2, -0.15) is 0 Å². The first-order chi connectivity index (χ1) is 8.75. The lowest BCUT2D eigenvalue weighted by Crippen LogP contribution is -2.16. The molecule has 6 heteroatoms. The molecule has 2 aromatic heterocycles. The Hall–Kier alpha value is -2.50. The normalized spacial score (nSPS) is 10.9. The summed E-state index contributed by atoms with van der Waals surface area (Å²) < 4.78 is 10.1. The van der Waals surface area contributed by atoms with E-state index in [2.05, 4.69) is 10.3 Å². The third-order valence-electron chi connectivity index (χ3n) is 2.81. The topological polar surface area (TPSA) is 81.3 Å². The van der Waals surface area contributed by atoms with Gasteiger partial charge in [0.2, 0.25) is 0 Å². The zero-order valence-electron chi connectivity index (χ0n) is 9.83. The third kappa shape index (κ3) is 1.67. The van der Waals surface area contributed by atoms with Gasteiger partial charge in [0, 0.05) is 7.05 Å². The number of nitrogen functional groups attached to an aromatic ring is 1. The van der Waals surface area contributed by atoms with Crippen molar-refractivity contribution in [2.45, 2.75) is 6.54 Å². The van der Waals surface area contributed by atoms with Gasteiger partial charge in [-0.15, -0.1) is 0 Å². The molecule has 92 valence electrons. The molecule has 3 rings (SSSR count). The average molecular weight is 244 g/mol. The molecule has 0 fully saturated rings. The van der Waals surface area contributed by atoms with E-state index in [1.807, 2.05) is 30.1 Å². The van der Waals surface area contributed by atoms with E-state index >= 15 is 0 Å². The van der Waals surface area contributed by atoms with Gasteiger partial charge < -0.3 is 15.1 Å². The van der Waals surface area contributed by atoms with Crippen LogP contribution in [0.4, 0.5) is 11.4 Å². The molecule has 0 bridgehead atoms. The van der Waals surface area contributed by atoms with E-state index in [0.717, 1.165) is 11.4 Å². The summed E-state index contributed by atoms with van der Waals surface area (Å²) in [6.07, 6.45) is 1.65. The smallest absolute Gasteiger partial charge is 0.160 e. The lowest BCUT2D eigenvalue weighted by molar-refractivity contribution is 0.315. The van der Waals surface area contributed by atoms with Crippen LogP contribution < -0.4 is 10.6 Å². The summed E-state index contributed by atoms with van der Waals surface area (Å²) in [5, 5.41) is 7.69. The molecule has 0 saturated heterocycles. The maximum absolute atomic E-state index is 5.81. The molecule has 0 aliphatic carbocycles. The zero-order chi connectivity index (χ0) is 12.5. The number of nitrogens with two attached hydrogens (primary N) is 1. The number of nitrogens with zero attached hydrogens (tertiary/aromatic N) is 3. The number of furan rings is 1. The van der Waals surface area contributed by atoms with E-state index in [4.69, 9.17) is 14.8 Å². The predicted molar refractivity (Wildman–Crippen MR) is 67.0 cm³/mol. The van der Waals surface area contributed by atoms with Gasteiger partial charge in [0.1, 0.15) is 5.76 Å². The molecule has 0 aliphatic heterocycles. The van der Waals surface area contributed by atoms with E-state index < -0.39 is 0 Å². The number of anilines is 2. The van der Waals surface area contributed by atoms with Crippen LogP contribution in [0, 0.1) is 0 Å². The van der Waals surface area contributed by atoms with Crippen LogP contribution in [-0.2, 0) is 6.54 Å². The lowest BCUT2D eigenvalue weighted by atomic mass is 10.2. The van der Waals surface area contributed by atoms with Crippen LogP contribution in [0.5, 0.6) is 0 Å². The molecular weight excluding hydrogens is 232 g/mol. The predicted octanol–water partition coefficient (Wildman–Crippen LogP) is 2.03. The number of rotatable bonds is 3. The van der Waals surface area contributed by atoms with Crippen molar-refractivity contribution in [3.63, 3.8) is 0 Å². The van der Waals surface area contributed by atoms with Crippen LogP contribution in [-0.4, -0.2) is 17.4 Å². The fourth-order valence-corrected chi connectivity index (χ4v) is 1.90. The third-order valence-corrected chi connectivity index (χ3v) is 2.81. The quantitative estimate of drug-likeness (QED) is 0.710. The van der Waals surface area contributed by atoms with Crippen molar-refractivity contribution in [1.82, 2.24) is 10.3 Å². The molecule has 2 heterocycles. The Kier molecular flexibility index (Phi) is 2.40. The maximum atomic E-state index is 5.81. The van der Waals surface area contributed by atoms with E-state index in [1.165, 1.54) is 0 Å². The minimum atomic E-state index is 0.557. The molecule has 0 radical (unpaired) electrons. The molecule has 18 heavy (non-hydrogen) atoms. The highest BCUT2D eigenvalue weighted by molar-refractivity contribution is 5.95. The Labute approximate surface area is 103 Å². The molecule has 0 spiro atoms. The second kappa shape index (κ2) is 4.06. The van der Waals surface area contributed by atoms with Gasteiger partial charge in [-0.25, -0.2) is 4.63 Å². The van der Waals surface area contributed by atoms with Crippen molar-refractivity contribution in [2.24, 2.45) is 0 Å². The summed E-state index contributed by atoms with van der Waals surface area (Å²) in [6, 6.07) is 7.47. The van der Waals surface area contributed by atoms with Crippen molar-refractivity contribution in [2.75, 3.05) is 17.7 Å². The highest BCUT2D eigenvalue weighted by Crippen LogP contribution is 2.28. The van der Waals surface area contributed by atoms with Crippen molar-refractivity contribution in [1.29, 1.82) is 0 Å². The number of benzene rings is 1. The summed E-state index contributed by atoms with van der Waals surface area (Å²) in [4.78, 5) is 2.00. The molecule has 3 aromatic rings. The Bertz CT molecular complexity index is 660. The van der Waals surface area contributed by atoms with Gasteiger partial charge >= 0.3 is 0 Å².